The van der Waals surface area contributed by atoms with Crippen LogP contribution in [0, 0.1) is 0 Å². The van der Waals surface area contributed by atoms with Crippen LogP contribution in [0.25, 0.3) is 0 Å². The molecule has 1 unspecified atom stereocenters. The number of quaternary nitrogens is 1. The Balaban J connectivity index is 0. The number of hydrogen-bond acceptors (Lipinski definition) is 3. The fraction of sp³-hybridized carbons (Fsp3) is 0.846. The van der Waals surface area contributed by atoms with E-state index in [2.05, 4.69) is 38.5 Å². The van der Waals surface area contributed by atoms with E-state index in [1.54, 1.807) is 0 Å². The minimum absolute atomic E-state index is 0.0517. The van der Waals surface area contributed by atoms with Gasteiger partial charge in [0.25, 0.3) is 0 Å². The zero-order chi connectivity index (χ0) is 14.4. The van der Waals surface area contributed by atoms with Crippen LogP contribution in [0.5, 0.6) is 0 Å². The summed E-state index contributed by atoms with van der Waals surface area (Å²) < 4.78 is 24.3. The zero-order valence-electron chi connectivity index (χ0n) is 12.3. The van der Waals surface area contributed by atoms with Crippen molar-refractivity contribution in [2.24, 2.45) is 0 Å². The number of unbranched alkanes of at least 4 members (excludes halogenated alkanes) is 1. The van der Waals surface area contributed by atoms with Gasteiger partial charge in [0.15, 0.2) is 0 Å². The number of nitrogens with zero attached hydrogens (tertiary/aromatic N) is 1. The second kappa shape index (κ2) is 13.2. The Hall–Kier alpha value is -0.230. The van der Waals surface area contributed by atoms with Crippen LogP contribution in [0.2, 0.25) is 0 Å². The highest BCUT2D eigenvalue weighted by atomic mass is 32.2. The second-order valence-corrected chi connectivity index (χ2v) is 4.79. The molecule has 110 valence electrons. The van der Waals surface area contributed by atoms with Crippen molar-refractivity contribution in [3.8, 4) is 0 Å². The van der Waals surface area contributed by atoms with Crippen molar-refractivity contribution in [2.75, 3.05) is 32.8 Å². The highest BCUT2D eigenvalue weighted by Gasteiger charge is 2.18. The predicted octanol–water partition coefficient (Wildman–Crippen LogP) is 2.65. The summed E-state index contributed by atoms with van der Waals surface area (Å²) in [7, 11) is 0. The van der Waals surface area contributed by atoms with Crippen LogP contribution in [0.3, 0.4) is 0 Å². The molecule has 0 aliphatic heterocycles. The van der Waals surface area contributed by atoms with Crippen molar-refractivity contribution in [2.45, 2.75) is 40.5 Å². The zero-order valence-corrected chi connectivity index (χ0v) is 13.1. The van der Waals surface area contributed by atoms with Crippen molar-refractivity contribution in [1.82, 2.24) is 0 Å². The van der Waals surface area contributed by atoms with Gasteiger partial charge < -0.3 is 9.04 Å². The first-order valence-electron chi connectivity index (χ1n) is 6.70. The summed E-state index contributed by atoms with van der Waals surface area (Å²) in [4.78, 5) is 0. The third kappa shape index (κ3) is 10.9. The third-order valence-electron chi connectivity index (χ3n) is 3.28. The maximum absolute atomic E-state index is 9.49. The summed E-state index contributed by atoms with van der Waals surface area (Å²) in [5.41, 5.74) is 0. The van der Waals surface area contributed by atoms with Crippen molar-refractivity contribution < 1.29 is 17.4 Å². The van der Waals surface area contributed by atoms with Crippen molar-refractivity contribution in [3.05, 3.63) is 12.7 Å². The Labute approximate surface area is 115 Å². The van der Waals surface area contributed by atoms with Gasteiger partial charge in [-0.2, -0.15) is 0 Å². The Bertz CT molecular complexity index is 210. The van der Waals surface area contributed by atoms with E-state index in [0.29, 0.717) is 0 Å². The van der Waals surface area contributed by atoms with Crippen molar-refractivity contribution in [3.63, 3.8) is 0 Å². The van der Waals surface area contributed by atoms with Gasteiger partial charge >= 0.3 is 0 Å². The topological polar surface area (TPSA) is 49.4 Å². The number of rotatable bonds is 9. The number of hydrogen-bond donors (Lipinski definition) is 0. The van der Waals surface area contributed by atoms with Gasteiger partial charge in [0, 0.05) is 0 Å². The molecule has 0 saturated heterocycles. The first-order chi connectivity index (χ1) is 8.51. The van der Waals surface area contributed by atoms with Crippen LogP contribution < -0.4 is 0 Å². The lowest BCUT2D eigenvalue weighted by Gasteiger charge is -2.35. The average Bonchev–Trinajstić information content (AvgIpc) is 2.39. The minimum Gasteiger partial charge on any atom is -0.750 e. The molecule has 18 heavy (non-hydrogen) atoms. The second-order valence-electron chi connectivity index (χ2n) is 4.14. The van der Waals surface area contributed by atoms with E-state index in [-0.39, 0.29) is 6.61 Å². The van der Waals surface area contributed by atoms with Crippen LogP contribution in [-0.2, 0) is 15.5 Å². The molecule has 0 spiro atoms. The van der Waals surface area contributed by atoms with E-state index < -0.39 is 11.4 Å². The van der Waals surface area contributed by atoms with Gasteiger partial charge in [-0.1, -0.05) is 19.4 Å². The fourth-order valence-electron chi connectivity index (χ4n) is 1.74. The third-order valence-corrected chi connectivity index (χ3v) is 3.61. The van der Waals surface area contributed by atoms with Gasteiger partial charge in [-0.3, -0.25) is 4.18 Å². The summed E-state index contributed by atoms with van der Waals surface area (Å²) in [6.07, 6.45) is 4.07. The molecule has 0 heterocycles. The molecule has 0 fully saturated rings. The molecule has 1 atom stereocenters. The molecule has 5 heteroatoms. The Kier molecular flexibility index (Phi) is 14.7. The molecule has 0 amide bonds. The molecule has 0 aromatic rings. The molecule has 0 radical (unpaired) electrons. The molecule has 0 saturated carbocycles. The fourth-order valence-corrected chi connectivity index (χ4v) is 1.95. The first kappa shape index (κ1) is 20.1. The molecule has 0 N–H and O–H groups in total. The lowest BCUT2D eigenvalue weighted by atomic mass is 10.2. The Morgan fingerprint density at radius 2 is 1.72 bits per heavy atom. The molecule has 0 aliphatic carbocycles. The van der Waals surface area contributed by atoms with Crippen molar-refractivity contribution in [1.29, 1.82) is 0 Å². The molecule has 0 aromatic carbocycles. The monoisotopic (exact) mass is 279 g/mol. The minimum atomic E-state index is -2.39. The van der Waals surface area contributed by atoms with Gasteiger partial charge in [-0.25, -0.2) is 4.21 Å². The van der Waals surface area contributed by atoms with E-state index in [4.69, 9.17) is 0 Å². The van der Waals surface area contributed by atoms with Gasteiger partial charge in [-0.05, 0) is 27.2 Å². The molecular weight excluding hydrogens is 250 g/mol. The predicted molar refractivity (Wildman–Crippen MR) is 76.7 cm³/mol. The lowest BCUT2D eigenvalue weighted by Crippen LogP contribution is -2.48. The first-order valence-corrected chi connectivity index (χ1v) is 7.70. The molecule has 0 aliphatic rings. The van der Waals surface area contributed by atoms with Crippen LogP contribution in [0.15, 0.2) is 12.7 Å². The highest BCUT2D eigenvalue weighted by Crippen LogP contribution is 2.07. The Morgan fingerprint density at radius 1 is 1.22 bits per heavy atom. The summed E-state index contributed by atoms with van der Waals surface area (Å²) in [6.45, 7) is 17.8. The van der Waals surface area contributed by atoms with Crippen LogP contribution in [0.1, 0.15) is 40.5 Å². The quantitative estimate of drug-likeness (QED) is 0.370. The van der Waals surface area contributed by atoms with E-state index in [0.717, 1.165) is 0 Å². The smallest absolute Gasteiger partial charge is 0.0845 e. The SMILES string of the molecule is C=CCOS(=O)[O-].CCCC[N+](CC)(CC)CC. The van der Waals surface area contributed by atoms with Crippen LogP contribution >= 0.6 is 0 Å². The van der Waals surface area contributed by atoms with Gasteiger partial charge in [-0.15, -0.1) is 6.58 Å². The summed E-state index contributed by atoms with van der Waals surface area (Å²) in [5.74, 6) is 0. The van der Waals surface area contributed by atoms with Gasteiger partial charge in [0.2, 0.25) is 0 Å². The summed E-state index contributed by atoms with van der Waals surface area (Å²) in [6, 6.07) is 0. The average molecular weight is 279 g/mol. The summed E-state index contributed by atoms with van der Waals surface area (Å²) in [5, 5.41) is 0. The lowest BCUT2D eigenvalue weighted by molar-refractivity contribution is -0.923. The van der Waals surface area contributed by atoms with E-state index in [1.165, 1.54) is 49.6 Å². The van der Waals surface area contributed by atoms with E-state index in [1.807, 2.05) is 0 Å². The van der Waals surface area contributed by atoms with Crippen LogP contribution in [0.4, 0.5) is 0 Å². The molecular formula is C13H29NO3S. The van der Waals surface area contributed by atoms with E-state index in [9.17, 15) is 8.76 Å². The normalized spacial score (nSPS) is 12.5. The van der Waals surface area contributed by atoms with Gasteiger partial charge in [0.05, 0.1) is 44.1 Å². The van der Waals surface area contributed by atoms with E-state index >= 15 is 0 Å². The highest BCUT2D eigenvalue weighted by molar-refractivity contribution is 7.74. The summed E-state index contributed by atoms with van der Waals surface area (Å²) >= 11 is -2.39. The standard InChI is InChI=1S/C10H24N.C3H6O3S/c1-5-9-10-11(6-2,7-3)8-4;1-2-3-6-7(4)5/h5-10H2,1-4H3;2H,1,3H2,(H,4,5)/q+1;/p-1. The maximum atomic E-state index is 9.49. The maximum Gasteiger partial charge on any atom is 0.0845 e. The molecule has 4 nitrogen and oxygen atoms in total. The van der Waals surface area contributed by atoms with Crippen molar-refractivity contribution >= 4 is 11.4 Å². The molecule has 0 aromatic heterocycles. The largest absolute Gasteiger partial charge is 0.750 e. The van der Waals surface area contributed by atoms with Gasteiger partial charge in [0.1, 0.15) is 0 Å². The van der Waals surface area contributed by atoms with Crippen LogP contribution in [-0.4, -0.2) is 46.0 Å². The molecule has 0 rings (SSSR count). The Morgan fingerprint density at radius 3 is 1.94 bits per heavy atom. The molecule has 0 bridgehead atoms.